The predicted octanol–water partition coefficient (Wildman–Crippen LogP) is 2.73. The molecule has 0 saturated heterocycles. The molecule has 0 unspecified atom stereocenters. The molecule has 0 aliphatic heterocycles. The van der Waals surface area contributed by atoms with Crippen molar-refractivity contribution in [2.45, 2.75) is 32.2 Å². The Morgan fingerprint density at radius 1 is 1.22 bits per heavy atom. The Morgan fingerprint density at radius 3 is 2.67 bits per heavy atom. The van der Waals surface area contributed by atoms with Crippen LogP contribution in [0.5, 0.6) is 0 Å². The molecule has 4 nitrogen and oxygen atoms in total. The number of nitrogens with one attached hydrogen (secondary N) is 1. The second kappa shape index (κ2) is 9.16. The predicted molar refractivity (Wildman–Crippen MR) is 79.3 cm³/mol. The third-order valence-electron chi connectivity index (χ3n) is 2.75. The van der Waals surface area contributed by atoms with Crippen molar-refractivity contribution in [2.75, 3.05) is 37.2 Å². The van der Waals surface area contributed by atoms with Gasteiger partial charge in [-0.25, -0.2) is 9.97 Å². The van der Waals surface area contributed by atoms with E-state index in [4.69, 9.17) is 0 Å². The van der Waals surface area contributed by atoms with Gasteiger partial charge in [-0.15, -0.1) is 11.8 Å². The molecule has 0 fully saturated rings. The highest BCUT2D eigenvalue weighted by Gasteiger charge is 2.02. The van der Waals surface area contributed by atoms with Gasteiger partial charge < -0.3 is 10.2 Å². The van der Waals surface area contributed by atoms with Crippen LogP contribution in [-0.4, -0.2) is 46.8 Å². The fraction of sp³-hybridized carbons (Fsp3) is 0.692. The lowest BCUT2D eigenvalue weighted by Gasteiger charge is -2.17. The highest BCUT2D eigenvalue weighted by Crippen LogP contribution is 2.17. The van der Waals surface area contributed by atoms with E-state index in [1.165, 1.54) is 0 Å². The summed E-state index contributed by atoms with van der Waals surface area (Å²) in [6, 6.07) is 2.03. The van der Waals surface area contributed by atoms with E-state index in [9.17, 15) is 0 Å². The smallest absolute Gasteiger partial charge is 0.130 e. The van der Waals surface area contributed by atoms with Crippen molar-refractivity contribution in [3.8, 4) is 0 Å². The second-order valence-electron chi connectivity index (χ2n) is 4.04. The minimum atomic E-state index is 0.928. The van der Waals surface area contributed by atoms with Crippen molar-refractivity contribution >= 4 is 17.6 Å². The van der Waals surface area contributed by atoms with Gasteiger partial charge in [0.1, 0.15) is 17.2 Å². The number of anilines is 1. The molecule has 0 saturated carbocycles. The molecule has 1 N–H and O–H groups in total. The van der Waals surface area contributed by atoms with Crippen molar-refractivity contribution in [3.05, 3.63) is 12.4 Å². The Bertz CT molecular complexity index is 329. The molecule has 18 heavy (non-hydrogen) atoms. The zero-order chi connectivity index (χ0) is 13.2. The van der Waals surface area contributed by atoms with Gasteiger partial charge in [0, 0.05) is 24.9 Å². The largest absolute Gasteiger partial charge is 0.370 e. The Hall–Kier alpha value is -0.810. The minimum absolute atomic E-state index is 0.928. The lowest BCUT2D eigenvalue weighted by atomic mass is 10.4. The Balaban J connectivity index is 2.37. The molecule has 1 heterocycles. The zero-order valence-corrected chi connectivity index (χ0v) is 12.5. The molecule has 1 aromatic rings. The van der Waals surface area contributed by atoms with Crippen LogP contribution in [0.3, 0.4) is 0 Å². The van der Waals surface area contributed by atoms with Crippen LogP contribution in [0.1, 0.15) is 27.2 Å². The van der Waals surface area contributed by atoms with Gasteiger partial charge in [0.05, 0.1) is 0 Å². The van der Waals surface area contributed by atoms with Crippen LogP contribution >= 0.6 is 11.8 Å². The van der Waals surface area contributed by atoms with Crippen molar-refractivity contribution in [2.24, 2.45) is 0 Å². The average Bonchev–Trinajstić information content (AvgIpc) is 2.42. The van der Waals surface area contributed by atoms with Gasteiger partial charge >= 0.3 is 0 Å². The summed E-state index contributed by atoms with van der Waals surface area (Å²) in [6.45, 7) is 10.8. The summed E-state index contributed by atoms with van der Waals surface area (Å²) in [5.41, 5.74) is 0. The highest BCUT2D eigenvalue weighted by atomic mass is 32.2. The Kier molecular flexibility index (Phi) is 7.76. The van der Waals surface area contributed by atoms with Gasteiger partial charge in [-0.05, 0) is 19.5 Å². The molecule has 0 spiro atoms. The van der Waals surface area contributed by atoms with Crippen molar-refractivity contribution < 1.29 is 0 Å². The third kappa shape index (κ3) is 5.69. The number of hydrogen-bond donors (Lipinski definition) is 1. The standard InChI is InChI=1S/C13H24N4S/c1-4-7-14-12-10-13(16-11-15-12)18-9-8-17(5-2)6-3/h10-11H,4-9H2,1-3H3,(H,14,15,16). The summed E-state index contributed by atoms with van der Waals surface area (Å²) in [6.07, 6.45) is 2.74. The van der Waals surface area contributed by atoms with E-state index >= 15 is 0 Å². The molecule has 0 aliphatic rings. The first-order valence-electron chi connectivity index (χ1n) is 6.71. The summed E-state index contributed by atoms with van der Waals surface area (Å²) in [5, 5.41) is 4.33. The van der Waals surface area contributed by atoms with Gasteiger partial charge in [-0.3, -0.25) is 0 Å². The lowest BCUT2D eigenvalue weighted by Crippen LogP contribution is -2.25. The fourth-order valence-electron chi connectivity index (χ4n) is 1.59. The normalized spacial score (nSPS) is 10.9. The Labute approximate surface area is 115 Å². The van der Waals surface area contributed by atoms with Gasteiger partial charge in [0.2, 0.25) is 0 Å². The molecule has 0 aliphatic carbocycles. The quantitative estimate of drug-likeness (QED) is 0.551. The van der Waals surface area contributed by atoms with Crippen LogP contribution in [0.4, 0.5) is 5.82 Å². The highest BCUT2D eigenvalue weighted by molar-refractivity contribution is 7.99. The van der Waals surface area contributed by atoms with E-state index in [0.717, 1.165) is 49.2 Å². The molecule has 1 aromatic heterocycles. The lowest BCUT2D eigenvalue weighted by molar-refractivity contribution is 0.324. The SMILES string of the molecule is CCCNc1cc(SCCN(CC)CC)ncn1. The van der Waals surface area contributed by atoms with Gasteiger partial charge in [0.15, 0.2) is 0 Å². The average molecular weight is 268 g/mol. The molecular formula is C13H24N4S. The van der Waals surface area contributed by atoms with Crippen molar-refractivity contribution in [1.29, 1.82) is 0 Å². The summed E-state index contributed by atoms with van der Waals surface area (Å²) < 4.78 is 0. The Morgan fingerprint density at radius 2 is 2.00 bits per heavy atom. The van der Waals surface area contributed by atoms with Crippen LogP contribution in [0.15, 0.2) is 17.4 Å². The molecule has 0 bridgehead atoms. The van der Waals surface area contributed by atoms with E-state index in [1.807, 2.05) is 6.07 Å². The maximum Gasteiger partial charge on any atom is 0.130 e. The monoisotopic (exact) mass is 268 g/mol. The maximum atomic E-state index is 4.29. The molecule has 0 radical (unpaired) electrons. The molecule has 1 rings (SSSR count). The number of thioether (sulfide) groups is 1. The molecule has 102 valence electrons. The summed E-state index contributed by atoms with van der Waals surface area (Å²) >= 11 is 1.79. The van der Waals surface area contributed by atoms with Crippen molar-refractivity contribution in [3.63, 3.8) is 0 Å². The minimum Gasteiger partial charge on any atom is -0.370 e. The van der Waals surface area contributed by atoms with Crippen LogP contribution < -0.4 is 5.32 Å². The summed E-state index contributed by atoms with van der Waals surface area (Å²) in [5.74, 6) is 2.00. The van der Waals surface area contributed by atoms with E-state index < -0.39 is 0 Å². The summed E-state index contributed by atoms with van der Waals surface area (Å²) in [4.78, 5) is 10.9. The molecular weight excluding hydrogens is 244 g/mol. The third-order valence-corrected chi connectivity index (χ3v) is 3.66. The topological polar surface area (TPSA) is 41.0 Å². The second-order valence-corrected chi connectivity index (χ2v) is 5.16. The number of nitrogens with zero attached hydrogens (tertiary/aromatic N) is 3. The first kappa shape index (κ1) is 15.2. The summed E-state index contributed by atoms with van der Waals surface area (Å²) in [7, 11) is 0. The van der Waals surface area contributed by atoms with E-state index in [1.54, 1.807) is 18.1 Å². The molecule has 0 aromatic carbocycles. The first-order chi connectivity index (χ1) is 8.80. The van der Waals surface area contributed by atoms with Gasteiger partial charge in [0.25, 0.3) is 0 Å². The van der Waals surface area contributed by atoms with E-state index in [0.29, 0.717) is 0 Å². The number of hydrogen-bond acceptors (Lipinski definition) is 5. The van der Waals surface area contributed by atoms with E-state index in [-0.39, 0.29) is 0 Å². The number of rotatable bonds is 9. The van der Waals surface area contributed by atoms with Crippen molar-refractivity contribution in [1.82, 2.24) is 14.9 Å². The molecule has 0 atom stereocenters. The van der Waals surface area contributed by atoms with Crippen LogP contribution in [-0.2, 0) is 0 Å². The van der Waals surface area contributed by atoms with Gasteiger partial charge in [-0.1, -0.05) is 20.8 Å². The van der Waals surface area contributed by atoms with Crippen LogP contribution in [0.2, 0.25) is 0 Å². The fourth-order valence-corrected chi connectivity index (χ4v) is 2.46. The van der Waals surface area contributed by atoms with Crippen LogP contribution in [0.25, 0.3) is 0 Å². The van der Waals surface area contributed by atoms with E-state index in [2.05, 4.69) is 41.0 Å². The molecule has 5 heteroatoms. The van der Waals surface area contributed by atoms with Gasteiger partial charge in [-0.2, -0.15) is 0 Å². The van der Waals surface area contributed by atoms with Crippen LogP contribution in [0, 0.1) is 0 Å². The first-order valence-corrected chi connectivity index (χ1v) is 7.69. The number of aromatic nitrogens is 2. The molecule has 0 amide bonds. The zero-order valence-electron chi connectivity index (χ0n) is 11.6. The maximum absolute atomic E-state index is 4.29.